The van der Waals surface area contributed by atoms with E-state index in [1.54, 1.807) is 32.4 Å². The second kappa shape index (κ2) is 11.8. The monoisotopic (exact) mass is 488 g/mol. The van der Waals surface area contributed by atoms with Crippen LogP contribution in [-0.2, 0) is 0 Å². The number of hydrogen-bond donors (Lipinski definition) is 1. The van der Waals surface area contributed by atoms with Crippen molar-refractivity contribution in [3.8, 4) is 11.5 Å². The van der Waals surface area contributed by atoms with Crippen LogP contribution in [0.25, 0.3) is 0 Å². The number of carbonyl (C=O) groups excluding carboxylic acids is 1. The van der Waals surface area contributed by atoms with Crippen molar-refractivity contribution in [3.05, 3.63) is 83.9 Å². The van der Waals surface area contributed by atoms with E-state index in [0.29, 0.717) is 23.6 Å². The molecule has 1 amide bonds. The molecule has 1 atom stereocenters. The Morgan fingerprint density at radius 1 is 0.889 bits per heavy atom. The van der Waals surface area contributed by atoms with Gasteiger partial charge in [0, 0.05) is 63.8 Å². The van der Waals surface area contributed by atoms with Gasteiger partial charge in [0.15, 0.2) is 11.5 Å². The van der Waals surface area contributed by atoms with Gasteiger partial charge in [0.25, 0.3) is 5.91 Å². The van der Waals surface area contributed by atoms with Crippen molar-refractivity contribution < 1.29 is 14.3 Å². The van der Waals surface area contributed by atoms with Crippen LogP contribution in [0.2, 0.25) is 0 Å². The summed E-state index contributed by atoms with van der Waals surface area (Å²) in [4.78, 5) is 20.1. The highest BCUT2D eigenvalue weighted by atomic mass is 16.5. The Kier molecular flexibility index (Phi) is 8.33. The molecule has 1 aliphatic heterocycles. The van der Waals surface area contributed by atoms with Crippen LogP contribution >= 0.6 is 0 Å². The van der Waals surface area contributed by atoms with E-state index in [9.17, 15) is 4.79 Å². The Balaban J connectivity index is 1.49. The molecule has 1 saturated heterocycles. The smallest absolute Gasteiger partial charge is 0.251 e. The number of anilines is 2. The molecule has 3 aromatic carbocycles. The van der Waals surface area contributed by atoms with Gasteiger partial charge in [0.1, 0.15) is 0 Å². The zero-order valence-electron chi connectivity index (χ0n) is 21.6. The maximum absolute atomic E-state index is 13.1. The highest BCUT2D eigenvalue weighted by Crippen LogP contribution is 2.28. The Bertz CT molecular complexity index is 1130. The van der Waals surface area contributed by atoms with Crippen LogP contribution < -0.4 is 24.6 Å². The van der Waals surface area contributed by atoms with Crippen molar-refractivity contribution >= 4 is 17.3 Å². The second-order valence-corrected chi connectivity index (χ2v) is 9.14. The molecule has 36 heavy (non-hydrogen) atoms. The third-order valence-corrected chi connectivity index (χ3v) is 6.77. The van der Waals surface area contributed by atoms with Crippen molar-refractivity contribution in [2.75, 3.05) is 70.8 Å². The van der Waals surface area contributed by atoms with Gasteiger partial charge >= 0.3 is 0 Å². The van der Waals surface area contributed by atoms with E-state index in [-0.39, 0.29) is 11.9 Å². The van der Waals surface area contributed by atoms with Crippen LogP contribution in [0, 0.1) is 0 Å². The maximum atomic E-state index is 13.1. The molecule has 1 aliphatic rings. The molecule has 190 valence electrons. The van der Waals surface area contributed by atoms with Crippen molar-refractivity contribution in [1.82, 2.24) is 10.2 Å². The number of benzene rings is 3. The molecule has 0 bridgehead atoms. The van der Waals surface area contributed by atoms with Gasteiger partial charge in [-0.2, -0.15) is 0 Å². The first-order chi connectivity index (χ1) is 17.5. The van der Waals surface area contributed by atoms with Crippen LogP contribution in [0.1, 0.15) is 22.0 Å². The number of methoxy groups -OCH3 is 2. The highest BCUT2D eigenvalue weighted by molar-refractivity contribution is 5.94. The van der Waals surface area contributed by atoms with Crippen LogP contribution in [0.15, 0.2) is 72.8 Å². The Morgan fingerprint density at radius 3 is 2.17 bits per heavy atom. The lowest BCUT2D eigenvalue weighted by atomic mass is 10.0. The number of rotatable bonds is 9. The molecule has 7 nitrogen and oxygen atoms in total. The molecule has 3 aromatic rings. The fourth-order valence-electron chi connectivity index (χ4n) is 4.65. The molecule has 7 heteroatoms. The normalized spacial score (nSPS) is 14.7. The molecule has 0 aliphatic carbocycles. The van der Waals surface area contributed by atoms with E-state index in [2.05, 4.69) is 68.5 Å². The summed E-state index contributed by atoms with van der Waals surface area (Å²) in [6.07, 6.45) is 0. The molecule has 4 rings (SSSR count). The van der Waals surface area contributed by atoms with E-state index in [1.807, 2.05) is 20.2 Å². The van der Waals surface area contributed by atoms with Crippen molar-refractivity contribution in [3.63, 3.8) is 0 Å². The summed E-state index contributed by atoms with van der Waals surface area (Å²) in [5.74, 6) is 1.01. The van der Waals surface area contributed by atoms with Gasteiger partial charge < -0.3 is 24.6 Å². The number of nitrogens with one attached hydrogen (secondary N) is 1. The topological polar surface area (TPSA) is 57.3 Å². The average molecular weight is 489 g/mol. The van der Waals surface area contributed by atoms with Crippen molar-refractivity contribution in [2.45, 2.75) is 6.04 Å². The summed E-state index contributed by atoms with van der Waals surface area (Å²) in [6, 6.07) is 24.5. The third-order valence-electron chi connectivity index (χ3n) is 6.77. The SMILES string of the molecule is COc1ccc(C(=O)NC[C@H](c2ccc(N(C)C)cc2)N2CCN(c3ccccc3)CC2)cc1OC. The number of para-hydroxylation sites is 1. The van der Waals surface area contributed by atoms with E-state index >= 15 is 0 Å². The van der Waals surface area contributed by atoms with Gasteiger partial charge in [-0.15, -0.1) is 0 Å². The van der Waals surface area contributed by atoms with Crippen molar-refractivity contribution in [2.24, 2.45) is 0 Å². The minimum absolute atomic E-state index is 0.0724. The van der Waals surface area contributed by atoms with Gasteiger partial charge in [0.2, 0.25) is 0 Å². The van der Waals surface area contributed by atoms with E-state index in [0.717, 1.165) is 31.9 Å². The van der Waals surface area contributed by atoms with Crippen LogP contribution in [0.3, 0.4) is 0 Å². The number of amides is 1. The predicted molar refractivity (Wildman–Crippen MR) is 146 cm³/mol. The standard InChI is InChI=1S/C29H36N4O3/c1-31(2)24-13-10-22(11-14-24)26(33-18-16-32(17-19-33)25-8-6-5-7-9-25)21-30-29(34)23-12-15-27(35-3)28(20-23)36-4/h5-15,20,26H,16-19,21H2,1-4H3,(H,30,34)/t26-/m1/s1. The molecule has 0 unspecified atom stereocenters. The average Bonchev–Trinajstić information content (AvgIpc) is 2.93. The van der Waals surface area contributed by atoms with E-state index in [4.69, 9.17) is 9.47 Å². The first-order valence-electron chi connectivity index (χ1n) is 12.3. The lowest BCUT2D eigenvalue weighted by molar-refractivity contribution is 0.0929. The molecule has 1 heterocycles. The second-order valence-electron chi connectivity index (χ2n) is 9.14. The zero-order valence-corrected chi connectivity index (χ0v) is 21.6. The van der Waals surface area contributed by atoms with Crippen molar-refractivity contribution in [1.29, 1.82) is 0 Å². The van der Waals surface area contributed by atoms with Crippen LogP contribution in [0.5, 0.6) is 11.5 Å². The van der Waals surface area contributed by atoms with E-state index < -0.39 is 0 Å². The predicted octanol–water partition coefficient (Wildman–Crippen LogP) is 4.06. The molecule has 0 spiro atoms. The summed E-state index contributed by atoms with van der Waals surface area (Å²) >= 11 is 0. The molecule has 0 radical (unpaired) electrons. The molecule has 0 saturated carbocycles. The lowest BCUT2D eigenvalue weighted by Gasteiger charge is -2.40. The molecule has 0 aromatic heterocycles. The Morgan fingerprint density at radius 2 is 1.56 bits per heavy atom. The first-order valence-corrected chi connectivity index (χ1v) is 12.3. The molecule has 1 N–H and O–H groups in total. The first kappa shape index (κ1) is 25.4. The number of nitrogens with zero attached hydrogens (tertiary/aromatic N) is 3. The minimum atomic E-state index is -0.131. The summed E-state index contributed by atoms with van der Waals surface area (Å²) in [7, 11) is 7.24. The largest absolute Gasteiger partial charge is 0.493 e. The Labute approximate surface area is 214 Å². The number of hydrogen-bond acceptors (Lipinski definition) is 6. The lowest BCUT2D eigenvalue weighted by Crippen LogP contribution is -2.50. The van der Waals surface area contributed by atoms with Gasteiger partial charge in [-0.1, -0.05) is 30.3 Å². The molecule has 1 fully saturated rings. The quantitative estimate of drug-likeness (QED) is 0.490. The zero-order chi connectivity index (χ0) is 25.5. The van der Waals surface area contributed by atoms with Crippen LogP contribution in [-0.4, -0.2) is 71.8 Å². The number of ether oxygens (including phenoxy) is 2. The molecular formula is C29H36N4O3. The number of piperazine rings is 1. The Hall–Kier alpha value is -3.71. The number of carbonyl (C=O) groups is 1. The molecular weight excluding hydrogens is 452 g/mol. The van der Waals surface area contributed by atoms with E-state index in [1.165, 1.54) is 11.3 Å². The summed E-state index contributed by atoms with van der Waals surface area (Å²) in [6.45, 7) is 4.24. The van der Waals surface area contributed by atoms with Crippen LogP contribution in [0.4, 0.5) is 11.4 Å². The van der Waals surface area contributed by atoms with Gasteiger partial charge in [-0.05, 0) is 48.0 Å². The highest BCUT2D eigenvalue weighted by Gasteiger charge is 2.26. The fraction of sp³-hybridized carbons (Fsp3) is 0.345. The van der Waals surface area contributed by atoms with Gasteiger partial charge in [-0.25, -0.2) is 0 Å². The fourth-order valence-corrected chi connectivity index (χ4v) is 4.65. The van der Waals surface area contributed by atoms with Gasteiger partial charge in [-0.3, -0.25) is 9.69 Å². The summed E-state index contributed by atoms with van der Waals surface area (Å²) < 4.78 is 10.7. The maximum Gasteiger partial charge on any atom is 0.251 e. The summed E-state index contributed by atoms with van der Waals surface area (Å²) in [5, 5.41) is 3.16. The van der Waals surface area contributed by atoms with Gasteiger partial charge in [0.05, 0.1) is 20.3 Å². The third kappa shape index (κ3) is 5.91. The minimum Gasteiger partial charge on any atom is -0.493 e. The summed E-state index contributed by atoms with van der Waals surface area (Å²) in [5.41, 5.74) is 4.15.